The van der Waals surface area contributed by atoms with E-state index in [1.54, 1.807) is 0 Å². The van der Waals surface area contributed by atoms with Crippen LogP contribution in [0.25, 0.3) is 0 Å². The third-order valence-electron chi connectivity index (χ3n) is 1.53. The third-order valence-corrected chi connectivity index (χ3v) is 1.53. The van der Waals surface area contributed by atoms with Gasteiger partial charge in [0.1, 0.15) is 6.10 Å². The molecule has 0 N–H and O–H groups in total. The minimum atomic E-state index is 0.0762. The number of hydrogen-bond donors (Lipinski definition) is 0. The maximum Gasteiger partial charge on any atom is 0.104 e. The molecule has 3 heteroatoms. The van der Waals surface area contributed by atoms with E-state index in [0.29, 0.717) is 19.8 Å². The number of hydrogen-bond acceptors (Lipinski definition) is 3. The van der Waals surface area contributed by atoms with Crippen LogP contribution in [0.5, 0.6) is 0 Å². The molecule has 0 amide bonds. The van der Waals surface area contributed by atoms with Gasteiger partial charge in [0.2, 0.25) is 0 Å². The Labute approximate surface area is 81.4 Å². The van der Waals surface area contributed by atoms with Crippen LogP contribution in [-0.2, 0) is 14.2 Å². The number of ether oxygens (including phenoxy) is 3. The first-order valence-corrected chi connectivity index (χ1v) is 5.01. The van der Waals surface area contributed by atoms with E-state index in [9.17, 15) is 0 Å². The Hall–Kier alpha value is -0.120. The van der Waals surface area contributed by atoms with Crippen LogP contribution >= 0.6 is 0 Å². The van der Waals surface area contributed by atoms with E-state index in [4.69, 9.17) is 14.2 Å². The normalized spacial score (nSPS) is 13.6. The molecule has 0 bridgehead atoms. The molecule has 0 aromatic carbocycles. The van der Waals surface area contributed by atoms with Crippen molar-refractivity contribution < 1.29 is 14.2 Å². The second-order valence-electron chi connectivity index (χ2n) is 3.12. The Morgan fingerprint density at radius 2 is 1.62 bits per heavy atom. The Bertz CT molecular complexity index is 104. The molecule has 0 heterocycles. The molecule has 1 atom stereocenters. The van der Waals surface area contributed by atoms with Crippen LogP contribution in [-0.4, -0.2) is 38.6 Å². The van der Waals surface area contributed by atoms with E-state index in [-0.39, 0.29) is 12.2 Å². The molecule has 3 nitrogen and oxygen atoms in total. The van der Waals surface area contributed by atoms with Crippen LogP contribution in [0.1, 0.15) is 27.7 Å². The molecule has 0 aliphatic heterocycles. The predicted octanol–water partition coefficient (Wildman–Crippen LogP) is 1.85. The average Bonchev–Trinajstić information content (AvgIpc) is 2.09. The van der Waals surface area contributed by atoms with E-state index in [0.717, 1.165) is 6.61 Å². The van der Waals surface area contributed by atoms with E-state index in [2.05, 4.69) is 0 Å². The van der Waals surface area contributed by atoms with Crippen molar-refractivity contribution in [2.24, 2.45) is 0 Å². The van der Waals surface area contributed by atoms with Gasteiger partial charge in [0, 0.05) is 13.2 Å². The van der Waals surface area contributed by atoms with Gasteiger partial charge in [-0.25, -0.2) is 0 Å². The van der Waals surface area contributed by atoms with E-state index >= 15 is 0 Å². The molecule has 13 heavy (non-hydrogen) atoms. The van der Waals surface area contributed by atoms with Gasteiger partial charge in [-0.3, -0.25) is 0 Å². The minimum Gasteiger partial charge on any atom is -0.379 e. The maximum atomic E-state index is 5.45. The molecule has 0 aliphatic rings. The van der Waals surface area contributed by atoms with Gasteiger partial charge < -0.3 is 14.2 Å². The molecule has 0 unspecified atom stereocenters. The summed E-state index contributed by atoms with van der Waals surface area (Å²) >= 11 is 0. The first kappa shape index (κ1) is 12.9. The van der Waals surface area contributed by atoms with E-state index in [1.807, 2.05) is 27.7 Å². The summed E-state index contributed by atoms with van der Waals surface area (Å²) in [5.41, 5.74) is 0. The fourth-order valence-corrected chi connectivity index (χ4v) is 0.929. The molecular weight excluding hydrogens is 168 g/mol. The van der Waals surface area contributed by atoms with Gasteiger partial charge >= 0.3 is 0 Å². The first-order valence-electron chi connectivity index (χ1n) is 5.01. The zero-order chi connectivity index (χ0) is 10.1. The van der Waals surface area contributed by atoms with Gasteiger partial charge in [0.15, 0.2) is 0 Å². The minimum absolute atomic E-state index is 0.0762. The maximum absolute atomic E-state index is 5.45. The van der Waals surface area contributed by atoms with Crippen molar-refractivity contribution in [3.05, 3.63) is 0 Å². The molecule has 0 saturated carbocycles. The second kappa shape index (κ2) is 8.48. The zero-order valence-electron chi connectivity index (χ0n) is 9.21. The molecule has 0 radical (unpaired) electrons. The van der Waals surface area contributed by atoms with E-state index < -0.39 is 0 Å². The lowest BCUT2D eigenvalue weighted by Gasteiger charge is -2.18. The van der Waals surface area contributed by atoms with Gasteiger partial charge in [-0.2, -0.15) is 0 Å². The Morgan fingerprint density at radius 1 is 0.923 bits per heavy atom. The fourth-order valence-electron chi connectivity index (χ4n) is 0.929. The van der Waals surface area contributed by atoms with Crippen molar-refractivity contribution in [3.63, 3.8) is 0 Å². The van der Waals surface area contributed by atoms with Gasteiger partial charge in [0.25, 0.3) is 0 Å². The van der Waals surface area contributed by atoms with Crippen molar-refractivity contribution in [1.82, 2.24) is 0 Å². The van der Waals surface area contributed by atoms with Gasteiger partial charge in [-0.15, -0.1) is 0 Å². The van der Waals surface area contributed by atoms with Crippen LogP contribution in [0.15, 0.2) is 0 Å². The van der Waals surface area contributed by atoms with E-state index in [1.165, 1.54) is 0 Å². The summed E-state index contributed by atoms with van der Waals surface area (Å²) < 4.78 is 16.2. The summed E-state index contributed by atoms with van der Waals surface area (Å²) in [6, 6.07) is 0. The van der Waals surface area contributed by atoms with Crippen LogP contribution in [0.3, 0.4) is 0 Å². The standard InChI is InChI=1S/C10H22O3/c1-5-11-7-10(12-6-2)8-13-9(3)4/h9-10H,5-8H2,1-4H3/t10-/m0/s1. The van der Waals surface area contributed by atoms with Crippen LogP contribution in [0.2, 0.25) is 0 Å². The first-order chi connectivity index (χ1) is 6.20. The highest BCUT2D eigenvalue weighted by molar-refractivity contribution is 4.55. The average molecular weight is 190 g/mol. The quantitative estimate of drug-likeness (QED) is 0.584. The van der Waals surface area contributed by atoms with Crippen LogP contribution < -0.4 is 0 Å². The molecule has 0 saturated heterocycles. The number of rotatable bonds is 8. The lowest BCUT2D eigenvalue weighted by atomic mass is 10.4. The zero-order valence-corrected chi connectivity index (χ0v) is 9.21. The molecule has 0 rings (SSSR count). The summed E-state index contributed by atoms with van der Waals surface area (Å²) in [5, 5.41) is 0. The summed E-state index contributed by atoms with van der Waals surface area (Å²) in [5.74, 6) is 0. The van der Waals surface area contributed by atoms with Crippen molar-refractivity contribution in [3.8, 4) is 0 Å². The molecule has 0 spiro atoms. The summed E-state index contributed by atoms with van der Waals surface area (Å²) in [6.07, 6.45) is 0.330. The largest absolute Gasteiger partial charge is 0.379 e. The highest BCUT2D eigenvalue weighted by Crippen LogP contribution is 1.98. The topological polar surface area (TPSA) is 27.7 Å². The smallest absolute Gasteiger partial charge is 0.104 e. The SMILES string of the molecule is CCOC[C@@H](COC(C)C)OCC. The Kier molecular flexibility index (Phi) is 8.40. The van der Waals surface area contributed by atoms with Crippen LogP contribution in [0.4, 0.5) is 0 Å². The Balaban J connectivity index is 3.53. The molecular formula is C10H22O3. The van der Waals surface area contributed by atoms with Crippen molar-refractivity contribution in [2.45, 2.75) is 39.9 Å². The van der Waals surface area contributed by atoms with Crippen molar-refractivity contribution >= 4 is 0 Å². The lowest BCUT2D eigenvalue weighted by Crippen LogP contribution is -2.27. The fraction of sp³-hybridized carbons (Fsp3) is 1.00. The van der Waals surface area contributed by atoms with Gasteiger partial charge in [-0.1, -0.05) is 0 Å². The summed E-state index contributed by atoms with van der Waals surface area (Å²) in [7, 11) is 0. The highest BCUT2D eigenvalue weighted by atomic mass is 16.6. The molecule has 0 aliphatic carbocycles. The monoisotopic (exact) mass is 190 g/mol. The van der Waals surface area contributed by atoms with Crippen molar-refractivity contribution in [2.75, 3.05) is 26.4 Å². The third kappa shape index (κ3) is 8.22. The summed E-state index contributed by atoms with van der Waals surface area (Å²) in [4.78, 5) is 0. The predicted molar refractivity (Wildman–Crippen MR) is 53.0 cm³/mol. The van der Waals surface area contributed by atoms with Crippen molar-refractivity contribution in [1.29, 1.82) is 0 Å². The molecule has 80 valence electrons. The molecule has 0 aromatic heterocycles. The highest BCUT2D eigenvalue weighted by Gasteiger charge is 2.09. The van der Waals surface area contributed by atoms with Gasteiger partial charge in [0.05, 0.1) is 19.3 Å². The van der Waals surface area contributed by atoms with Gasteiger partial charge in [-0.05, 0) is 27.7 Å². The van der Waals surface area contributed by atoms with Crippen LogP contribution in [0, 0.1) is 0 Å². The summed E-state index contributed by atoms with van der Waals surface area (Å²) in [6.45, 7) is 10.7. The lowest BCUT2D eigenvalue weighted by molar-refractivity contribution is -0.0666. The second-order valence-corrected chi connectivity index (χ2v) is 3.12. The molecule has 0 aromatic rings. The Morgan fingerprint density at radius 3 is 2.08 bits per heavy atom. The molecule has 0 fully saturated rings.